The number of ketones is 1. The zero-order chi connectivity index (χ0) is 20.1. The summed E-state index contributed by atoms with van der Waals surface area (Å²) in [6.45, 7) is 1.49. The molecule has 1 aromatic heterocycles. The van der Waals surface area contributed by atoms with Crippen LogP contribution in [0.1, 0.15) is 40.5 Å². The van der Waals surface area contributed by atoms with Crippen LogP contribution in [0.2, 0.25) is 0 Å². The molecule has 0 spiro atoms. The normalized spacial score (nSPS) is 14.3. The molecule has 144 valence electrons. The molecule has 0 saturated heterocycles. The lowest BCUT2D eigenvalue weighted by Crippen LogP contribution is -2.24. The van der Waals surface area contributed by atoms with Gasteiger partial charge in [0.15, 0.2) is 5.78 Å². The molecule has 0 atom stereocenters. The molecule has 3 nitrogen and oxygen atoms in total. The molecule has 0 amide bonds. The lowest BCUT2D eigenvalue weighted by atomic mass is 9.97. The number of Topliss-reactive ketones (excluding diaryl/α,β-unsaturated/α-hetero) is 1. The number of halogens is 6. The van der Waals surface area contributed by atoms with Gasteiger partial charge in [-0.2, -0.15) is 26.3 Å². The lowest BCUT2D eigenvalue weighted by Gasteiger charge is -2.16. The predicted octanol–water partition coefficient (Wildman–Crippen LogP) is 4.70. The largest absolute Gasteiger partial charge is 0.416 e. The van der Waals surface area contributed by atoms with Crippen molar-refractivity contribution in [2.24, 2.45) is 0 Å². The number of aromatic nitrogens is 1. The maximum atomic E-state index is 13.1. The van der Waals surface area contributed by atoms with Crippen molar-refractivity contribution in [3.05, 3.63) is 57.0 Å². The molecule has 0 bridgehead atoms. The van der Waals surface area contributed by atoms with Gasteiger partial charge in [0.1, 0.15) is 0 Å². The lowest BCUT2D eigenvalue weighted by molar-refractivity contribution is -0.143. The zero-order valence-electron chi connectivity index (χ0n) is 14.0. The molecular formula is C18H13F6NO2. The Morgan fingerprint density at radius 3 is 2.00 bits per heavy atom. The van der Waals surface area contributed by atoms with Gasteiger partial charge >= 0.3 is 12.4 Å². The van der Waals surface area contributed by atoms with Crippen molar-refractivity contribution in [2.75, 3.05) is 0 Å². The highest BCUT2D eigenvalue weighted by atomic mass is 19.4. The fourth-order valence-electron chi connectivity index (χ4n) is 3.24. The zero-order valence-corrected chi connectivity index (χ0v) is 14.0. The molecule has 0 saturated carbocycles. The van der Waals surface area contributed by atoms with E-state index in [0.717, 1.165) is 6.07 Å². The molecule has 0 radical (unpaired) electrons. The summed E-state index contributed by atoms with van der Waals surface area (Å²) in [5, 5.41) is 0. The molecule has 1 aliphatic rings. The monoisotopic (exact) mass is 389 g/mol. The Hall–Kier alpha value is -2.58. The number of carbonyl (C=O) groups excluding carboxylic acids is 1. The molecule has 3 rings (SSSR count). The van der Waals surface area contributed by atoms with E-state index in [-0.39, 0.29) is 23.7 Å². The Kier molecular flexibility index (Phi) is 4.44. The molecule has 2 aromatic rings. The highest BCUT2D eigenvalue weighted by Gasteiger charge is 2.37. The van der Waals surface area contributed by atoms with E-state index in [9.17, 15) is 35.9 Å². The molecule has 1 aromatic carbocycles. The summed E-state index contributed by atoms with van der Waals surface area (Å²) in [5.41, 5.74) is -4.02. The van der Waals surface area contributed by atoms with Crippen LogP contribution < -0.4 is 5.56 Å². The molecule has 0 unspecified atom stereocenters. The van der Waals surface area contributed by atoms with Crippen LogP contribution in [0.15, 0.2) is 29.1 Å². The van der Waals surface area contributed by atoms with Gasteiger partial charge in [-0.1, -0.05) is 0 Å². The van der Waals surface area contributed by atoms with Crippen molar-refractivity contribution >= 4 is 5.78 Å². The standard InChI is InChI=1S/C18H13F6NO2/c1-9(26)13-8-14(16(27)25-4-2-3-15(13)25)10-5-11(17(19,20)21)7-12(6-10)18(22,23)24/h5-8H,2-4H2,1H3. The van der Waals surface area contributed by atoms with E-state index in [1.54, 1.807) is 0 Å². The SMILES string of the molecule is CC(=O)c1cc(-c2cc(C(F)(F)F)cc(C(F)(F)F)c2)c(=O)n2c1CCC2. The molecule has 27 heavy (non-hydrogen) atoms. The van der Waals surface area contributed by atoms with Gasteiger partial charge in [0.05, 0.1) is 11.1 Å². The topological polar surface area (TPSA) is 39.1 Å². The van der Waals surface area contributed by atoms with E-state index in [2.05, 4.69) is 0 Å². The Balaban J connectivity index is 2.33. The minimum atomic E-state index is -5.02. The summed E-state index contributed by atoms with van der Waals surface area (Å²) < 4.78 is 79.7. The predicted molar refractivity (Wildman–Crippen MR) is 84.5 cm³/mol. The number of carbonyl (C=O) groups is 1. The molecule has 0 aliphatic carbocycles. The fraction of sp³-hybridized carbons (Fsp3) is 0.333. The van der Waals surface area contributed by atoms with Crippen LogP contribution in [0.5, 0.6) is 0 Å². The molecule has 9 heteroatoms. The third-order valence-corrected chi connectivity index (χ3v) is 4.47. The first kappa shape index (κ1) is 19.2. The second kappa shape index (κ2) is 6.24. The molecule has 1 aliphatic heterocycles. The number of pyridine rings is 1. The van der Waals surface area contributed by atoms with Crippen LogP contribution in [-0.4, -0.2) is 10.4 Å². The summed E-state index contributed by atoms with van der Waals surface area (Å²) in [6, 6.07) is 2.09. The summed E-state index contributed by atoms with van der Waals surface area (Å²) in [5.74, 6) is -0.412. The second-order valence-corrected chi connectivity index (χ2v) is 6.33. The minimum absolute atomic E-state index is 0.000368. The number of alkyl halides is 6. The van der Waals surface area contributed by atoms with Crippen molar-refractivity contribution in [3.8, 4) is 11.1 Å². The molecule has 2 heterocycles. The highest BCUT2D eigenvalue weighted by molar-refractivity contribution is 5.96. The van der Waals surface area contributed by atoms with Gasteiger partial charge in [-0.3, -0.25) is 9.59 Å². The highest BCUT2D eigenvalue weighted by Crippen LogP contribution is 2.38. The van der Waals surface area contributed by atoms with E-state index in [1.165, 1.54) is 11.5 Å². The maximum absolute atomic E-state index is 13.1. The van der Waals surface area contributed by atoms with Gasteiger partial charge in [-0.15, -0.1) is 0 Å². The van der Waals surface area contributed by atoms with Gasteiger partial charge in [-0.05, 0) is 49.6 Å². The quantitative estimate of drug-likeness (QED) is 0.552. The number of rotatable bonds is 2. The average molecular weight is 389 g/mol. The number of fused-ring (bicyclic) bond motifs is 1. The number of hydrogen-bond donors (Lipinski definition) is 0. The summed E-state index contributed by atoms with van der Waals surface area (Å²) in [7, 11) is 0. The Labute approximate surface area is 149 Å². The first-order valence-corrected chi connectivity index (χ1v) is 7.97. The first-order valence-electron chi connectivity index (χ1n) is 7.97. The number of benzene rings is 1. The maximum Gasteiger partial charge on any atom is 0.416 e. The van der Waals surface area contributed by atoms with Crippen LogP contribution in [0, 0.1) is 0 Å². The van der Waals surface area contributed by atoms with Crippen LogP contribution in [0.4, 0.5) is 26.3 Å². The Morgan fingerprint density at radius 2 is 1.52 bits per heavy atom. The third-order valence-electron chi connectivity index (χ3n) is 4.47. The average Bonchev–Trinajstić information content (AvgIpc) is 3.03. The van der Waals surface area contributed by atoms with Crippen molar-refractivity contribution < 1.29 is 31.1 Å². The van der Waals surface area contributed by atoms with Crippen LogP contribution in [0.3, 0.4) is 0 Å². The van der Waals surface area contributed by atoms with Crippen molar-refractivity contribution in [1.29, 1.82) is 0 Å². The van der Waals surface area contributed by atoms with Crippen LogP contribution >= 0.6 is 0 Å². The van der Waals surface area contributed by atoms with E-state index in [1.807, 2.05) is 0 Å². The summed E-state index contributed by atoms with van der Waals surface area (Å²) >= 11 is 0. The third kappa shape index (κ3) is 3.50. The number of hydrogen-bond acceptors (Lipinski definition) is 2. The van der Waals surface area contributed by atoms with Crippen molar-refractivity contribution in [3.63, 3.8) is 0 Å². The second-order valence-electron chi connectivity index (χ2n) is 6.33. The van der Waals surface area contributed by atoms with Crippen molar-refractivity contribution in [1.82, 2.24) is 4.57 Å². The van der Waals surface area contributed by atoms with Gasteiger partial charge in [-0.25, -0.2) is 0 Å². The summed E-state index contributed by atoms with van der Waals surface area (Å²) in [4.78, 5) is 24.5. The molecular weight excluding hydrogens is 376 g/mol. The van der Waals surface area contributed by atoms with E-state index >= 15 is 0 Å². The fourth-order valence-corrected chi connectivity index (χ4v) is 3.24. The molecule has 0 fully saturated rings. The molecule has 0 N–H and O–H groups in total. The van der Waals surface area contributed by atoms with Gasteiger partial charge in [0.25, 0.3) is 5.56 Å². The van der Waals surface area contributed by atoms with Gasteiger partial charge in [0.2, 0.25) is 0 Å². The Bertz CT molecular complexity index is 953. The van der Waals surface area contributed by atoms with Crippen molar-refractivity contribution in [2.45, 2.75) is 38.7 Å². The number of nitrogens with zero attached hydrogens (tertiary/aromatic N) is 1. The Morgan fingerprint density at radius 1 is 0.963 bits per heavy atom. The first-order chi connectivity index (χ1) is 12.4. The van der Waals surface area contributed by atoms with Crippen LogP contribution in [-0.2, 0) is 25.3 Å². The summed E-state index contributed by atoms with van der Waals surface area (Å²) in [6.07, 6.45) is -9.03. The van der Waals surface area contributed by atoms with E-state index in [0.29, 0.717) is 30.7 Å². The van der Waals surface area contributed by atoms with Crippen LogP contribution in [0.25, 0.3) is 11.1 Å². The van der Waals surface area contributed by atoms with E-state index in [4.69, 9.17) is 0 Å². The van der Waals surface area contributed by atoms with Gasteiger partial charge < -0.3 is 4.57 Å². The van der Waals surface area contributed by atoms with E-state index < -0.39 is 40.4 Å². The smallest absolute Gasteiger partial charge is 0.311 e. The van der Waals surface area contributed by atoms with Gasteiger partial charge in [0, 0.05) is 23.4 Å². The minimum Gasteiger partial charge on any atom is -0.311 e.